The van der Waals surface area contributed by atoms with Crippen LogP contribution in [0.1, 0.15) is 34.6 Å². The van der Waals surface area contributed by atoms with Gasteiger partial charge in [0.15, 0.2) is 0 Å². The van der Waals surface area contributed by atoms with Gasteiger partial charge < -0.3 is 19.4 Å². The summed E-state index contributed by atoms with van der Waals surface area (Å²) in [5, 5.41) is 0. The molecule has 1 atom stereocenters. The van der Waals surface area contributed by atoms with Crippen LogP contribution in [-0.4, -0.2) is 53.7 Å². The lowest BCUT2D eigenvalue weighted by molar-refractivity contribution is 0.0527. The Kier molecular flexibility index (Phi) is 6.24. The summed E-state index contributed by atoms with van der Waals surface area (Å²) >= 11 is 0. The van der Waals surface area contributed by atoms with E-state index in [1.54, 1.807) is 18.9 Å². The van der Waals surface area contributed by atoms with E-state index >= 15 is 0 Å². The van der Waals surface area contributed by atoms with Crippen molar-refractivity contribution in [2.45, 2.75) is 32.3 Å². The van der Waals surface area contributed by atoms with Crippen LogP contribution in [0.2, 0.25) is 0 Å². The predicted octanol–water partition coefficient (Wildman–Crippen LogP) is 1.95. The van der Waals surface area contributed by atoms with E-state index < -0.39 is 5.56 Å². The van der Waals surface area contributed by atoms with Gasteiger partial charge in [0.05, 0.1) is 13.2 Å². The first-order valence-electron chi connectivity index (χ1n) is 9.16. The van der Waals surface area contributed by atoms with E-state index in [1.165, 1.54) is 6.20 Å². The van der Waals surface area contributed by atoms with Crippen molar-refractivity contribution in [1.82, 2.24) is 14.9 Å². The first-order chi connectivity index (χ1) is 13.1. The van der Waals surface area contributed by atoms with Gasteiger partial charge in [-0.2, -0.15) is 0 Å². The Morgan fingerprint density at radius 2 is 2.15 bits per heavy atom. The molecule has 2 aromatic rings. The molecular formula is C20H25N3O4. The van der Waals surface area contributed by atoms with Gasteiger partial charge in [0, 0.05) is 25.9 Å². The third-order valence-electron chi connectivity index (χ3n) is 4.72. The molecule has 0 bridgehead atoms. The Hall–Kier alpha value is -2.67. The first kappa shape index (κ1) is 19.1. The van der Waals surface area contributed by atoms with Crippen molar-refractivity contribution in [2.24, 2.45) is 0 Å². The van der Waals surface area contributed by atoms with Crippen molar-refractivity contribution in [3.8, 4) is 5.75 Å². The second-order valence-corrected chi connectivity index (χ2v) is 6.70. The van der Waals surface area contributed by atoms with Crippen molar-refractivity contribution in [1.29, 1.82) is 0 Å². The van der Waals surface area contributed by atoms with Gasteiger partial charge >= 0.3 is 0 Å². The van der Waals surface area contributed by atoms with Crippen molar-refractivity contribution in [3.05, 3.63) is 57.8 Å². The number of hydrogen-bond donors (Lipinski definition) is 1. The highest BCUT2D eigenvalue weighted by Crippen LogP contribution is 2.16. The fourth-order valence-electron chi connectivity index (χ4n) is 3.17. The van der Waals surface area contributed by atoms with E-state index in [0.717, 1.165) is 30.8 Å². The lowest BCUT2D eigenvalue weighted by Gasteiger charge is -2.25. The number of benzene rings is 1. The average molecular weight is 371 g/mol. The molecule has 1 fully saturated rings. The molecular weight excluding hydrogens is 346 g/mol. The Bertz CT molecular complexity index is 826. The largest absolute Gasteiger partial charge is 0.497 e. The number of nitrogens with one attached hydrogen (secondary N) is 1. The zero-order valence-corrected chi connectivity index (χ0v) is 15.7. The lowest BCUT2D eigenvalue weighted by Crippen LogP contribution is -2.41. The van der Waals surface area contributed by atoms with Crippen LogP contribution in [0.5, 0.6) is 5.75 Å². The first-order valence-corrected chi connectivity index (χ1v) is 9.16. The maximum atomic E-state index is 13.0. The van der Waals surface area contributed by atoms with Crippen LogP contribution in [0, 0.1) is 6.92 Å². The number of hydrogen-bond acceptors (Lipinski definition) is 5. The molecule has 2 heterocycles. The second-order valence-electron chi connectivity index (χ2n) is 6.70. The molecule has 1 amide bonds. The Morgan fingerprint density at radius 1 is 1.37 bits per heavy atom. The average Bonchev–Trinajstić information content (AvgIpc) is 3.18. The molecule has 7 heteroatoms. The quantitative estimate of drug-likeness (QED) is 0.804. The molecule has 1 N–H and O–H groups in total. The van der Waals surface area contributed by atoms with E-state index in [-0.39, 0.29) is 17.6 Å². The summed E-state index contributed by atoms with van der Waals surface area (Å²) in [5.41, 5.74) is 0.750. The van der Waals surface area contributed by atoms with Crippen molar-refractivity contribution in [2.75, 3.05) is 26.8 Å². The molecule has 27 heavy (non-hydrogen) atoms. The molecule has 3 rings (SSSR count). The van der Waals surface area contributed by atoms with Gasteiger partial charge in [-0.1, -0.05) is 12.1 Å². The molecule has 0 aliphatic carbocycles. The lowest BCUT2D eigenvalue weighted by atomic mass is 10.1. The number of aryl methyl sites for hydroxylation is 1. The predicted molar refractivity (Wildman–Crippen MR) is 101 cm³/mol. The maximum Gasteiger partial charge on any atom is 0.263 e. The summed E-state index contributed by atoms with van der Waals surface area (Å²) in [7, 11) is 1.63. The van der Waals surface area contributed by atoms with Crippen LogP contribution in [0.25, 0.3) is 0 Å². The van der Waals surface area contributed by atoms with Gasteiger partial charge in [-0.05, 0) is 43.9 Å². The van der Waals surface area contributed by atoms with Crippen LogP contribution >= 0.6 is 0 Å². The number of amides is 1. The molecule has 1 unspecified atom stereocenters. The van der Waals surface area contributed by atoms with Crippen LogP contribution in [0.15, 0.2) is 35.3 Å². The Balaban J connectivity index is 1.74. The summed E-state index contributed by atoms with van der Waals surface area (Å²) < 4.78 is 10.9. The molecule has 1 aromatic heterocycles. The van der Waals surface area contributed by atoms with Crippen LogP contribution in [0.3, 0.4) is 0 Å². The molecule has 0 spiro atoms. The number of methoxy groups -OCH3 is 1. The number of carbonyl (C=O) groups excluding carboxylic acids is 1. The second kappa shape index (κ2) is 8.81. The summed E-state index contributed by atoms with van der Waals surface area (Å²) in [5.74, 6) is 0.969. The maximum absolute atomic E-state index is 13.0. The van der Waals surface area contributed by atoms with E-state index in [2.05, 4.69) is 9.97 Å². The van der Waals surface area contributed by atoms with Gasteiger partial charge in [0.2, 0.25) is 0 Å². The summed E-state index contributed by atoms with van der Waals surface area (Å²) in [6.45, 7) is 3.38. The molecule has 1 aliphatic rings. The normalized spacial score (nSPS) is 16.3. The van der Waals surface area contributed by atoms with Crippen molar-refractivity contribution in [3.63, 3.8) is 0 Å². The molecule has 0 saturated carbocycles. The number of aromatic amines is 1. The van der Waals surface area contributed by atoms with Gasteiger partial charge in [-0.25, -0.2) is 4.98 Å². The Morgan fingerprint density at radius 3 is 2.78 bits per heavy atom. The summed E-state index contributed by atoms with van der Waals surface area (Å²) in [6, 6.07) is 7.76. The fraction of sp³-hybridized carbons (Fsp3) is 0.450. The van der Waals surface area contributed by atoms with E-state index in [4.69, 9.17) is 9.47 Å². The van der Waals surface area contributed by atoms with Crippen molar-refractivity contribution < 1.29 is 14.3 Å². The zero-order chi connectivity index (χ0) is 19.2. The monoisotopic (exact) mass is 371 g/mol. The van der Waals surface area contributed by atoms with Crippen LogP contribution in [0.4, 0.5) is 0 Å². The topological polar surface area (TPSA) is 84.5 Å². The highest BCUT2D eigenvalue weighted by molar-refractivity contribution is 5.93. The molecule has 7 nitrogen and oxygen atoms in total. The highest BCUT2D eigenvalue weighted by atomic mass is 16.5. The SMILES string of the molecule is COc1ccc(CCN(CC2CCCO2)C(=O)c2cnc(C)[nH]c2=O)cc1. The van der Waals surface area contributed by atoms with E-state index in [1.807, 2.05) is 24.3 Å². The standard InChI is InChI=1S/C20H25N3O4/c1-14-21-12-18(19(24)22-14)20(25)23(13-17-4-3-11-27-17)10-9-15-5-7-16(26-2)8-6-15/h5-8,12,17H,3-4,9-11,13H2,1-2H3,(H,21,22,24). The minimum Gasteiger partial charge on any atom is -0.497 e. The zero-order valence-electron chi connectivity index (χ0n) is 15.7. The Labute approximate surface area is 158 Å². The third kappa shape index (κ3) is 4.95. The molecule has 1 saturated heterocycles. The fourth-order valence-corrected chi connectivity index (χ4v) is 3.17. The molecule has 144 valence electrons. The van der Waals surface area contributed by atoms with Crippen LogP contribution < -0.4 is 10.3 Å². The highest BCUT2D eigenvalue weighted by Gasteiger charge is 2.25. The molecule has 0 radical (unpaired) electrons. The van der Waals surface area contributed by atoms with E-state index in [9.17, 15) is 9.59 Å². The minimum absolute atomic E-state index is 0.0160. The number of nitrogens with zero attached hydrogens (tertiary/aromatic N) is 2. The third-order valence-corrected chi connectivity index (χ3v) is 4.72. The van der Waals surface area contributed by atoms with Gasteiger partial charge in [-0.15, -0.1) is 0 Å². The van der Waals surface area contributed by atoms with Gasteiger partial charge in [-0.3, -0.25) is 9.59 Å². The van der Waals surface area contributed by atoms with Crippen LogP contribution in [-0.2, 0) is 11.2 Å². The van der Waals surface area contributed by atoms with E-state index in [0.29, 0.717) is 25.3 Å². The molecule has 1 aliphatic heterocycles. The number of carbonyl (C=O) groups is 1. The van der Waals surface area contributed by atoms with Gasteiger partial charge in [0.25, 0.3) is 11.5 Å². The van der Waals surface area contributed by atoms with Gasteiger partial charge in [0.1, 0.15) is 17.1 Å². The summed E-state index contributed by atoms with van der Waals surface area (Å²) in [4.78, 5) is 33.5. The number of aromatic nitrogens is 2. The molecule has 1 aromatic carbocycles. The number of ether oxygens (including phenoxy) is 2. The summed E-state index contributed by atoms with van der Waals surface area (Å²) in [6.07, 6.45) is 3.97. The number of rotatable bonds is 7. The van der Waals surface area contributed by atoms with Crippen molar-refractivity contribution >= 4 is 5.91 Å². The smallest absolute Gasteiger partial charge is 0.263 e. The number of H-pyrrole nitrogens is 1. The minimum atomic E-state index is -0.408.